The van der Waals surface area contributed by atoms with Gasteiger partial charge in [0.05, 0.1) is 33.0 Å². The lowest BCUT2D eigenvalue weighted by Crippen LogP contribution is -2.33. The summed E-state index contributed by atoms with van der Waals surface area (Å²) in [6.45, 7) is 1.73. The average molecular weight is 306 g/mol. The van der Waals surface area contributed by atoms with E-state index in [9.17, 15) is 14.3 Å². The Morgan fingerprint density at radius 3 is 2.76 bits per heavy atom. The molecule has 1 N–H and O–H groups in total. The number of piperidine rings is 1. The van der Waals surface area contributed by atoms with Crippen LogP contribution in [-0.2, 0) is 10.8 Å². The van der Waals surface area contributed by atoms with Crippen molar-refractivity contribution in [2.24, 2.45) is 0 Å². The van der Waals surface area contributed by atoms with Crippen LogP contribution in [0.2, 0.25) is 0 Å². The van der Waals surface area contributed by atoms with E-state index in [4.69, 9.17) is 0 Å². The van der Waals surface area contributed by atoms with Crippen molar-refractivity contribution in [2.75, 3.05) is 13.1 Å². The smallest absolute Gasteiger partial charge is 0.271 e. The Labute approximate surface area is 123 Å². The van der Waals surface area contributed by atoms with Crippen molar-refractivity contribution in [2.45, 2.75) is 23.1 Å². The van der Waals surface area contributed by atoms with Gasteiger partial charge >= 0.3 is 0 Å². The van der Waals surface area contributed by atoms with Crippen LogP contribution in [0.25, 0.3) is 11.0 Å². The molecule has 7 nitrogen and oxygen atoms in total. The van der Waals surface area contributed by atoms with Crippen LogP contribution < -0.4 is 5.32 Å². The van der Waals surface area contributed by atoms with Crippen molar-refractivity contribution in [1.29, 1.82) is 0 Å². The number of hydrogen-bond acceptors (Lipinski definition) is 6. The summed E-state index contributed by atoms with van der Waals surface area (Å²) in [6, 6.07) is 4.30. The molecule has 1 aromatic carbocycles. The quantitative estimate of drug-likeness (QED) is 0.680. The molecule has 1 aromatic heterocycles. The Balaban J connectivity index is 1.91. The summed E-state index contributed by atoms with van der Waals surface area (Å²) in [6.07, 6.45) is 3.17. The molecule has 0 bridgehead atoms. The van der Waals surface area contributed by atoms with E-state index in [0.717, 1.165) is 25.9 Å². The summed E-state index contributed by atoms with van der Waals surface area (Å²) < 4.78 is 12.5. The third kappa shape index (κ3) is 2.91. The Kier molecular flexibility index (Phi) is 3.89. The van der Waals surface area contributed by atoms with Crippen LogP contribution in [0.15, 0.2) is 29.4 Å². The van der Waals surface area contributed by atoms with E-state index in [1.54, 1.807) is 6.07 Å². The second-order valence-corrected chi connectivity index (χ2v) is 6.56. The van der Waals surface area contributed by atoms with Gasteiger partial charge in [-0.3, -0.25) is 19.3 Å². The van der Waals surface area contributed by atoms with Crippen LogP contribution in [0.3, 0.4) is 0 Å². The number of fused-ring (bicyclic) bond motifs is 1. The number of hydrogen-bond donors (Lipinski definition) is 1. The molecule has 2 heterocycles. The fourth-order valence-corrected chi connectivity index (χ4v) is 3.72. The van der Waals surface area contributed by atoms with Crippen LogP contribution >= 0.6 is 0 Å². The number of nitrogens with zero attached hydrogens (tertiary/aromatic N) is 3. The number of non-ortho nitro benzene ring substituents is 1. The van der Waals surface area contributed by atoms with Gasteiger partial charge in [-0.2, -0.15) is 0 Å². The first-order chi connectivity index (χ1) is 10.1. The van der Waals surface area contributed by atoms with Crippen molar-refractivity contribution >= 4 is 27.5 Å². The highest BCUT2D eigenvalue weighted by molar-refractivity contribution is 7.85. The van der Waals surface area contributed by atoms with Crippen LogP contribution in [0.1, 0.15) is 12.8 Å². The zero-order valence-electron chi connectivity index (χ0n) is 11.2. The molecule has 1 fully saturated rings. The maximum absolute atomic E-state index is 12.5. The van der Waals surface area contributed by atoms with Crippen molar-refractivity contribution in [3.63, 3.8) is 0 Å². The molecule has 1 saturated heterocycles. The third-order valence-corrected chi connectivity index (χ3v) is 5.20. The summed E-state index contributed by atoms with van der Waals surface area (Å²) in [7, 11) is -1.19. The highest BCUT2D eigenvalue weighted by Crippen LogP contribution is 2.21. The molecule has 1 atom stereocenters. The maximum atomic E-state index is 12.5. The molecular weight excluding hydrogens is 292 g/mol. The van der Waals surface area contributed by atoms with Crippen LogP contribution in [-0.4, -0.2) is 37.4 Å². The molecule has 2 aromatic rings. The standard InChI is InChI=1S/C13H14N4O3S/c18-17(19)9-1-2-11-12(7-9)15-8-13(16-11)21(20)10-3-5-14-6-4-10/h1-2,7-8,10,14H,3-6H2/t21-/m0/s1. The second kappa shape index (κ2) is 5.82. The van der Waals surface area contributed by atoms with E-state index in [-0.39, 0.29) is 10.9 Å². The van der Waals surface area contributed by atoms with Gasteiger partial charge in [-0.1, -0.05) is 0 Å². The first-order valence-electron chi connectivity index (χ1n) is 6.67. The van der Waals surface area contributed by atoms with Gasteiger partial charge in [-0.15, -0.1) is 0 Å². The van der Waals surface area contributed by atoms with E-state index < -0.39 is 15.7 Å². The summed E-state index contributed by atoms with van der Waals surface area (Å²) >= 11 is 0. The summed E-state index contributed by atoms with van der Waals surface area (Å²) in [5.41, 5.74) is 0.944. The Hall–Kier alpha value is -1.93. The number of benzene rings is 1. The van der Waals surface area contributed by atoms with Gasteiger partial charge in [0.25, 0.3) is 5.69 Å². The van der Waals surface area contributed by atoms with Gasteiger partial charge in [-0.25, -0.2) is 4.98 Å². The molecule has 8 heteroatoms. The highest BCUT2D eigenvalue weighted by atomic mass is 32.2. The molecule has 110 valence electrons. The van der Waals surface area contributed by atoms with Gasteiger partial charge in [0.2, 0.25) is 0 Å². The molecule has 0 saturated carbocycles. The molecule has 0 unspecified atom stereocenters. The van der Waals surface area contributed by atoms with Gasteiger partial charge < -0.3 is 5.32 Å². The fraction of sp³-hybridized carbons (Fsp3) is 0.385. The van der Waals surface area contributed by atoms with Crippen LogP contribution in [0.4, 0.5) is 5.69 Å². The van der Waals surface area contributed by atoms with Crippen LogP contribution in [0.5, 0.6) is 0 Å². The van der Waals surface area contributed by atoms with Crippen LogP contribution in [0, 0.1) is 10.1 Å². The van der Waals surface area contributed by atoms with E-state index >= 15 is 0 Å². The number of nitrogens with one attached hydrogen (secondary N) is 1. The number of aromatic nitrogens is 2. The zero-order valence-corrected chi connectivity index (χ0v) is 12.0. The lowest BCUT2D eigenvalue weighted by atomic mass is 10.2. The molecule has 21 heavy (non-hydrogen) atoms. The lowest BCUT2D eigenvalue weighted by molar-refractivity contribution is -0.384. The molecule has 0 radical (unpaired) electrons. The van der Waals surface area contributed by atoms with Crippen molar-refractivity contribution in [1.82, 2.24) is 15.3 Å². The molecule has 1 aliphatic rings. The lowest BCUT2D eigenvalue weighted by Gasteiger charge is -2.21. The molecule has 0 aliphatic carbocycles. The molecule has 1 aliphatic heterocycles. The first-order valence-corrected chi connectivity index (χ1v) is 7.89. The van der Waals surface area contributed by atoms with Crippen molar-refractivity contribution in [3.05, 3.63) is 34.5 Å². The van der Waals surface area contributed by atoms with Gasteiger partial charge in [-0.05, 0) is 32.0 Å². The third-order valence-electron chi connectivity index (χ3n) is 3.51. The summed E-state index contributed by atoms with van der Waals surface area (Å²) in [5.74, 6) is 0. The van der Waals surface area contributed by atoms with Gasteiger partial charge in [0.1, 0.15) is 5.03 Å². The van der Waals surface area contributed by atoms with E-state index in [0.29, 0.717) is 16.1 Å². The second-order valence-electron chi connectivity index (χ2n) is 4.89. The largest absolute Gasteiger partial charge is 0.317 e. The summed E-state index contributed by atoms with van der Waals surface area (Å²) in [4.78, 5) is 18.8. The predicted octanol–water partition coefficient (Wildman–Crippen LogP) is 1.40. The normalized spacial score (nSPS) is 17.7. The maximum Gasteiger partial charge on any atom is 0.271 e. The Morgan fingerprint density at radius 1 is 1.29 bits per heavy atom. The predicted molar refractivity (Wildman–Crippen MR) is 78.5 cm³/mol. The first kappa shape index (κ1) is 14.0. The minimum atomic E-state index is -1.19. The van der Waals surface area contributed by atoms with Gasteiger partial charge in [0.15, 0.2) is 0 Å². The van der Waals surface area contributed by atoms with Crippen molar-refractivity contribution < 1.29 is 9.13 Å². The number of nitro groups is 1. The molecule has 0 spiro atoms. The van der Waals surface area contributed by atoms with E-state index in [1.165, 1.54) is 18.3 Å². The highest BCUT2D eigenvalue weighted by Gasteiger charge is 2.22. The summed E-state index contributed by atoms with van der Waals surface area (Å²) in [5, 5.41) is 14.5. The number of nitro benzene ring substituents is 1. The average Bonchev–Trinajstić information content (AvgIpc) is 2.54. The molecule has 3 rings (SSSR count). The van der Waals surface area contributed by atoms with E-state index in [1.807, 2.05) is 0 Å². The Morgan fingerprint density at radius 2 is 2.05 bits per heavy atom. The topological polar surface area (TPSA) is 98.0 Å². The Bertz CT molecular complexity index is 716. The molecule has 0 amide bonds. The SMILES string of the molecule is O=[N+]([O-])c1ccc2nc([S@@](=O)C3CCNCC3)cnc2c1. The van der Waals surface area contributed by atoms with Gasteiger partial charge in [0, 0.05) is 17.4 Å². The number of rotatable bonds is 3. The minimum Gasteiger partial charge on any atom is -0.317 e. The minimum absolute atomic E-state index is 0.0240. The van der Waals surface area contributed by atoms with E-state index in [2.05, 4.69) is 15.3 Å². The fourth-order valence-electron chi connectivity index (χ4n) is 2.37. The van der Waals surface area contributed by atoms with Crippen molar-refractivity contribution in [3.8, 4) is 0 Å². The monoisotopic (exact) mass is 306 g/mol. The zero-order chi connectivity index (χ0) is 14.8. The molecular formula is C13H14N4O3S.